The number of aryl methyl sites for hydroxylation is 1. The van der Waals surface area contributed by atoms with Gasteiger partial charge in [0.2, 0.25) is 0 Å². The van der Waals surface area contributed by atoms with Crippen molar-refractivity contribution in [1.82, 2.24) is 25.1 Å². The van der Waals surface area contributed by atoms with Crippen LogP contribution in [0.3, 0.4) is 0 Å². The average molecular weight is 336 g/mol. The second-order valence-electron chi connectivity index (χ2n) is 6.30. The second-order valence-corrected chi connectivity index (χ2v) is 6.30. The van der Waals surface area contributed by atoms with Crippen molar-refractivity contribution < 1.29 is 4.79 Å². The Bertz CT molecular complexity index is 883. The molecule has 128 valence electrons. The molecule has 0 unspecified atom stereocenters. The molecule has 0 saturated carbocycles. The first kappa shape index (κ1) is 15.6. The lowest BCUT2D eigenvalue weighted by Gasteiger charge is -2.33. The maximum Gasteiger partial charge on any atom is 0.251 e. The SMILES string of the molecule is Cn1ncc2ncnc(N3CCC(NC(=O)c4ccccc4)CC3)c21. The lowest BCUT2D eigenvalue weighted by Crippen LogP contribution is -2.45. The van der Waals surface area contributed by atoms with Gasteiger partial charge in [-0.3, -0.25) is 9.48 Å². The zero-order chi connectivity index (χ0) is 17.2. The van der Waals surface area contributed by atoms with Gasteiger partial charge in [-0.15, -0.1) is 0 Å². The topological polar surface area (TPSA) is 75.9 Å². The Morgan fingerprint density at radius 1 is 1.16 bits per heavy atom. The van der Waals surface area contributed by atoms with Crippen LogP contribution < -0.4 is 10.2 Å². The number of nitrogens with one attached hydrogen (secondary N) is 1. The molecular weight excluding hydrogens is 316 g/mol. The van der Waals surface area contributed by atoms with Crippen LogP contribution in [-0.2, 0) is 7.05 Å². The van der Waals surface area contributed by atoms with Crippen molar-refractivity contribution >= 4 is 22.8 Å². The van der Waals surface area contributed by atoms with Gasteiger partial charge in [-0.1, -0.05) is 18.2 Å². The standard InChI is InChI=1S/C18H20N6O/c1-23-16-15(11-21-23)19-12-20-17(16)24-9-7-14(8-10-24)22-18(25)13-5-3-2-4-6-13/h2-6,11-12,14H,7-10H2,1H3,(H,22,25). The van der Waals surface area contributed by atoms with Gasteiger partial charge in [0.25, 0.3) is 5.91 Å². The van der Waals surface area contributed by atoms with Crippen molar-refractivity contribution in [3.05, 3.63) is 48.4 Å². The molecule has 1 fully saturated rings. The number of rotatable bonds is 3. The van der Waals surface area contributed by atoms with E-state index >= 15 is 0 Å². The minimum Gasteiger partial charge on any atom is -0.355 e. The van der Waals surface area contributed by atoms with Gasteiger partial charge in [0.15, 0.2) is 5.82 Å². The quantitative estimate of drug-likeness (QED) is 0.789. The summed E-state index contributed by atoms with van der Waals surface area (Å²) >= 11 is 0. The third kappa shape index (κ3) is 3.05. The lowest BCUT2D eigenvalue weighted by atomic mass is 10.0. The van der Waals surface area contributed by atoms with E-state index in [-0.39, 0.29) is 11.9 Å². The second kappa shape index (κ2) is 6.51. The van der Waals surface area contributed by atoms with Crippen LogP contribution in [0.1, 0.15) is 23.2 Å². The van der Waals surface area contributed by atoms with Gasteiger partial charge in [-0.25, -0.2) is 9.97 Å². The van der Waals surface area contributed by atoms with Crippen molar-refractivity contribution in [3.8, 4) is 0 Å². The normalized spacial score (nSPS) is 15.5. The first-order chi connectivity index (χ1) is 12.2. The highest BCUT2D eigenvalue weighted by atomic mass is 16.1. The smallest absolute Gasteiger partial charge is 0.251 e. The van der Waals surface area contributed by atoms with Crippen LogP contribution in [0.5, 0.6) is 0 Å². The highest BCUT2D eigenvalue weighted by molar-refractivity contribution is 5.94. The predicted octanol–water partition coefficient (Wildman–Crippen LogP) is 1.76. The van der Waals surface area contributed by atoms with Gasteiger partial charge in [-0.05, 0) is 25.0 Å². The monoisotopic (exact) mass is 336 g/mol. The fraction of sp³-hybridized carbons (Fsp3) is 0.333. The summed E-state index contributed by atoms with van der Waals surface area (Å²) in [6.07, 6.45) is 5.12. The van der Waals surface area contributed by atoms with E-state index in [4.69, 9.17) is 0 Å². The summed E-state index contributed by atoms with van der Waals surface area (Å²) < 4.78 is 1.81. The molecule has 1 aromatic carbocycles. The highest BCUT2D eigenvalue weighted by Crippen LogP contribution is 2.25. The number of fused-ring (bicyclic) bond motifs is 1. The molecule has 1 saturated heterocycles. The van der Waals surface area contributed by atoms with Gasteiger partial charge in [-0.2, -0.15) is 5.10 Å². The molecule has 7 nitrogen and oxygen atoms in total. The molecule has 1 aliphatic heterocycles. The number of piperidine rings is 1. The van der Waals surface area contributed by atoms with Gasteiger partial charge in [0.1, 0.15) is 17.4 Å². The van der Waals surface area contributed by atoms with Crippen molar-refractivity contribution in [3.63, 3.8) is 0 Å². The zero-order valence-electron chi connectivity index (χ0n) is 14.1. The molecule has 1 N–H and O–H groups in total. The van der Waals surface area contributed by atoms with E-state index in [0.717, 1.165) is 42.8 Å². The summed E-state index contributed by atoms with van der Waals surface area (Å²) in [6, 6.07) is 9.54. The molecule has 0 atom stereocenters. The summed E-state index contributed by atoms with van der Waals surface area (Å²) in [5.41, 5.74) is 2.51. The number of nitrogens with zero attached hydrogens (tertiary/aromatic N) is 5. The van der Waals surface area contributed by atoms with Gasteiger partial charge in [0, 0.05) is 31.7 Å². The maximum absolute atomic E-state index is 12.3. The molecule has 0 aliphatic carbocycles. The summed E-state index contributed by atoms with van der Waals surface area (Å²) in [4.78, 5) is 23.3. The Hall–Kier alpha value is -2.96. The fourth-order valence-electron chi connectivity index (χ4n) is 3.31. The molecule has 25 heavy (non-hydrogen) atoms. The van der Waals surface area contributed by atoms with E-state index in [9.17, 15) is 4.79 Å². The first-order valence-electron chi connectivity index (χ1n) is 8.46. The molecule has 2 aromatic heterocycles. The number of carbonyl (C=O) groups is 1. The van der Waals surface area contributed by atoms with Gasteiger partial charge < -0.3 is 10.2 Å². The number of amides is 1. The summed E-state index contributed by atoms with van der Waals surface area (Å²) in [5, 5.41) is 7.40. The first-order valence-corrected chi connectivity index (χ1v) is 8.46. The molecule has 3 aromatic rings. The van der Waals surface area contributed by atoms with Crippen molar-refractivity contribution in [2.24, 2.45) is 7.05 Å². The molecule has 7 heteroatoms. The van der Waals surface area contributed by atoms with Crippen LogP contribution in [-0.4, -0.2) is 44.8 Å². The lowest BCUT2D eigenvalue weighted by molar-refractivity contribution is 0.0931. The molecule has 1 aliphatic rings. The van der Waals surface area contributed by atoms with Crippen LogP contribution >= 0.6 is 0 Å². The van der Waals surface area contributed by atoms with Gasteiger partial charge >= 0.3 is 0 Å². The van der Waals surface area contributed by atoms with Crippen molar-refractivity contribution in [2.45, 2.75) is 18.9 Å². The van der Waals surface area contributed by atoms with Crippen molar-refractivity contribution in [1.29, 1.82) is 0 Å². The molecule has 0 radical (unpaired) electrons. The third-order valence-corrected chi connectivity index (χ3v) is 4.67. The number of hydrogen-bond acceptors (Lipinski definition) is 5. The van der Waals surface area contributed by atoms with Gasteiger partial charge in [0.05, 0.1) is 6.20 Å². The summed E-state index contributed by atoms with van der Waals surface area (Å²) in [7, 11) is 1.90. The fourth-order valence-corrected chi connectivity index (χ4v) is 3.31. The molecule has 0 bridgehead atoms. The third-order valence-electron chi connectivity index (χ3n) is 4.67. The average Bonchev–Trinajstić information content (AvgIpc) is 3.04. The molecule has 0 spiro atoms. The predicted molar refractivity (Wildman–Crippen MR) is 95.4 cm³/mol. The van der Waals surface area contributed by atoms with E-state index < -0.39 is 0 Å². The number of carbonyl (C=O) groups excluding carboxylic acids is 1. The van der Waals surface area contributed by atoms with E-state index in [1.807, 2.05) is 42.1 Å². The van der Waals surface area contributed by atoms with Crippen LogP contribution in [0.2, 0.25) is 0 Å². The Balaban J connectivity index is 1.43. The summed E-state index contributed by atoms with van der Waals surface area (Å²) in [5.74, 6) is 0.910. The number of hydrogen-bond donors (Lipinski definition) is 1. The minimum absolute atomic E-state index is 0.00453. The van der Waals surface area contributed by atoms with Crippen LogP contribution in [0.15, 0.2) is 42.9 Å². The van der Waals surface area contributed by atoms with E-state index in [0.29, 0.717) is 5.56 Å². The highest BCUT2D eigenvalue weighted by Gasteiger charge is 2.24. The Morgan fingerprint density at radius 3 is 2.68 bits per heavy atom. The van der Waals surface area contributed by atoms with Crippen molar-refractivity contribution in [2.75, 3.05) is 18.0 Å². The van der Waals surface area contributed by atoms with E-state index in [1.165, 1.54) is 0 Å². The maximum atomic E-state index is 12.3. The Morgan fingerprint density at radius 2 is 1.92 bits per heavy atom. The number of aromatic nitrogens is 4. The van der Waals surface area contributed by atoms with E-state index in [1.54, 1.807) is 12.5 Å². The molecular formula is C18H20N6O. The van der Waals surface area contributed by atoms with E-state index in [2.05, 4.69) is 25.3 Å². The Labute approximate surface area is 145 Å². The molecule has 3 heterocycles. The van der Waals surface area contributed by atoms with Crippen LogP contribution in [0.25, 0.3) is 11.0 Å². The largest absolute Gasteiger partial charge is 0.355 e. The van der Waals surface area contributed by atoms with Crippen LogP contribution in [0.4, 0.5) is 5.82 Å². The number of anilines is 1. The molecule has 4 rings (SSSR count). The summed E-state index contributed by atoms with van der Waals surface area (Å²) in [6.45, 7) is 1.69. The van der Waals surface area contributed by atoms with Crippen LogP contribution in [0, 0.1) is 0 Å². The minimum atomic E-state index is -0.00453. The number of benzene rings is 1. The zero-order valence-corrected chi connectivity index (χ0v) is 14.1. The molecule has 1 amide bonds. The Kier molecular flexibility index (Phi) is 4.05.